The molecule has 3 fully saturated rings. The third-order valence-electron chi connectivity index (χ3n) is 7.79. The summed E-state index contributed by atoms with van der Waals surface area (Å²) >= 11 is 0. The number of ether oxygens (including phenoxy) is 1. The molecule has 35 heavy (non-hydrogen) atoms. The first-order chi connectivity index (χ1) is 17.1. The van der Waals surface area contributed by atoms with Crippen molar-refractivity contribution in [3.8, 4) is 5.75 Å². The lowest BCUT2D eigenvalue weighted by molar-refractivity contribution is 0.0572. The molecule has 3 saturated heterocycles. The van der Waals surface area contributed by atoms with Crippen LogP contribution in [0, 0.1) is 5.92 Å². The third-order valence-corrected chi connectivity index (χ3v) is 7.79. The van der Waals surface area contributed by atoms with Gasteiger partial charge < -0.3 is 24.4 Å². The van der Waals surface area contributed by atoms with Gasteiger partial charge in [-0.2, -0.15) is 0 Å². The molecule has 1 aromatic heterocycles. The summed E-state index contributed by atoms with van der Waals surface area (Å²) < 4.78 is 11.8. The molecule has 3 aliphatic heterocycles. The van der Waals surface area contributed by atoms with E-state index in [-0.39, 0.29) is 0 Å². The number of aliphatic hydroxyl groups is 2. The largest absolute Gasteiger partial charge is 0.493 e. The molecule has 8 heteroatoms. The highest BCUT2D eigenvalue weighted by Gasteiger charge is 2.34. The number of para-hydroxylation sites is 1. The highest BCUT2D eigenvalue weighted by Crippen LogP contribution is 2.31. The van der Waals surface area contributed by atoms with Crippen LogP contribution in [0.5, 0.6) is 5.75 Å². The molecule has 3 unspecified atom stereocenters. The summed E-state index contributed by atoms with van der Waals surface area (Å²) in [6.45, 7) is 6.51. The van der Waals surface area contributed by atoms with E-state index >= 15 is 0 Å². The quantitative estimate of drug-likeness (QED) is 0.559. The summed E-state index contributed by atoms with van der Waals surface area (Å²) in [6, 6.07) is 16.8. The molecule has 0 spiro atoms. The molecule has 6 rings (SSSR count). The van der Waals surface area contributed by atoms with Crippen LogP contribution in [-0.4, -0.2) is 89.3 Å². The monoisotopic (exact) mass is 478 g/mol. The molecule has 2 N–H and O–H groups in total. The van der Waals surface area contributed by atoms with Gasteiger partial charge in [-0.25, -0.2) is 0 Å². The van der Waals surface area contributed by atoms with Crippen LogP contribution in [0.4, 0.5) is 5.82 Å². The molecule has 0 saturated carbocycles. The van der Waals surface area contributed by atoms with Gasteiger partial charge in [0, 0.05) is 57.8 Å². The number of benzene rings is 2. The summed E-state index contributed by atoms with van der Waals surface area (Å²) in [5.74, 6) is 2.40. The molecule has 4 atom stereocenters. The minimum atomic E-state index is -0.651. The van der Waals surface area contributed by atoms with Crippen molar-refractivity contribution in [3.05, 3.63) is 54.1 Å². The number of nitrogens with zero attached hydrogens (tertiary/aromatic N) is 4. The fraction of sp³-hybridized carbons (Fsp3) is 0.519. The van der Waals surface area contributed by atoms with Crippen LogP contribution in [0.25, 0.3) is 11.0 Å². The van der Waals surface area contributed by atoms with Crippen LogP contribution in [-0.2, 0) is 6.54 Å². The van der Waals surface area contributed by atoms with Gasteiger partial charge in [-0.15, -0.1) is 0 Å². The first-order valence-corrected chi connectivity index (χ1v) is 12.8. The fourth-order valence-electron chi connectivity index (χ4n) is 5.87. The second-order valence-electron chi connectivity index (χ2n) is 10.3. The first kappa shape index (κ1) is 22.8. The standard InChI is InChI=1S/C27H34N4O4/c32-24-16-29(17-25(24)33)13-19-4-3-5-22(12-19)34-18-20-8-9-21-15-31(11-10-30(21)14-20)27-23-6-1-2-7-26(23)35-28-27/h1-7,12,20-21,24-25,32-33H,8-11,13-18H2/t20?,21?,24-,25?/m0/s1. The molecule has 8 nitrogen and oxygen atoms in total. The minimum Gasteiger partial charge on any atom is -0.493 e. The molecule has 186 valence electrons. The van der Waals surface area contributed by atoms with Crippen molar-refractivity contribution in [2.75, 3.05) is 50.8 Å². The van der Waals surface area contributed by atoms with Gasteiger partial charge in [0.15, 0.2) is 11.4 Å². The first-order valence-electron chi connectivity index (χ1n) is 12.8. The van der Waals surface area contributed by atoms with E-state index in [1.807, 2.05) is 30.3 Å². The average molecular weight is 479 g/mol. The Hall–Kier alpha value is -2.65. The van der Waals surface area contributed by atoms with Crippen molar-refractivity contribution in [1.82, 2.24) is 15.0 Å². The number of β-amino-alcohol motifs (C(OH)–C–C–N with tert-alkyl or cyclic N) is 2. The maximum atomic E-state index is 9.79. The summed E-state index contributed by atoms with van der Waals surface area (Å²) in [4.78, 5) is 7.08. The van der Waals surface area contributed by atoms with Gasteiger partial charge in [-0.05, 0) is 42.7 Å². The van der Waals surface area contributed by atoms with Gasteiger partial charge in [0.1, 0.15) is 5.75 Å². The van der Waals surface area contributed by atoms with Crippen LogP contribution in [0.15, 0.2) is 53.1 Å². The molecular formula is C27H34N4O4. The number of aliphatic hydroxyl groups excluding tert-OH is 2. The van der Waals surface area contributed by atoms with Crippen LogP contribution in [0.2, 0.25) is 0 Å². The van der Waals surface area contributed by atoms with Crippen LogP contribution < -0.4 is 9.64 Å². The maximum absolute atomic E-state index is 9.79. The molecule has 0 aliphatic carbocycles. The van der Waals surface area contributed by atoms with Gasteiger partial charge in [-0.3, -0.25) is 9.80 Å². The van der Waals surface area contributed by atoms with Gasteiger partial charge >= 0.3 is 0 Å². The van der Waals surface area contributed by atoms with E-state index in [0.29, 0.717) is 31.6 Å². The Morgan fingerprint density at radius 1 is 0.943 bits per heavy atom. The van der Waals surface area contributed by atoms with E-state index in [2.05, 4.69) is 38.1 Å². The summed E-state index contributed by atoms with van der Waals surface area (Å²) in [6.07, 6.45) is 1.03. The number of likely N-dealkylation sites (tertiary alicyclic amines) is 1. The number of fused-ring (bicyclic) bond motifs is 2. The van der Waals surface area contributed by atoms with Crippen molar-refractivity contribution >= 4 is 16.8 Å². The van der Waals surface area contributed by atoms with Gasteiger partial charge in [0.2, 0.25) is 0 Å². The van der Waals surface area contributed by atoms with Crippen molar-refractivity contribution in [2.24, 2.45) is 5.92 Å². The smallest absolute Gasteiger partial charge is 0.180 e. The number of piperidine rings is 1. The molecule has 0 amide bonds. The SMILES string of the molecule is OC1CN(Cc2cccc(OCC3CCC4CN(c5noc6ccccc56)CCN4C3)c2)C[C@@H]1O. The van der Waals surface area contributed by atoms with Crippen molar-refractivity contribution in [2.45, 2.75) is 37.6 Å². The van der Waals surface area contributed by atoms with E-state index in [1.54, 1.807) is 0 Å². The van der Waals surface area contributed by atoms with Crippen LogP contribution in [0.1, 0.15) is 18.4 Å². The number of aromatic nitrogens is 1. The molecule has 0 bridgehead atoms. The lowest BCUT2D eigenvalue weighted by Crippen LogP contribution is -2.57. The molecular weight excluding hydrogens is 444 g/mol. The van der Waals surface area contributed by atoms with E-state index in [0.717, 1.165) is 67.3 Å². The molecule has 2 aromatic carbocycles. The predicted molar refractivity (Wildman–Crippen MR) is 134 cm³/mol. The number of anilines is 1. The maximum Gasteiger partial charge on any atom is 0.180 e. The highest BCUT2D eigenvalue weighted by atomic mass is 16.5. The van der Waals surface area contributed by atoms with Crippen molar-refractivity contribution in [1.29, 1.82) is 0 Å². The number of hydrogen-bond acceptors (Lipinski definition) is 8. The highest BCUT2D eigenvalue weighted by molar-refractivity contribution is 5.88. The Kier molecular flexibility index (Phi) is 6.37. The van der Waals surface area contributed by atoms with E-state index < -0.39 is 12.2 Å². The Morgan fingerprint density at radius 3 is 2.69 bits per heavy atom. The van der Waals surface area contributed by atoms with Gasteiger partial charge in [0.25, 0.3) is 0 Å². The van der Waals surface area contributed by atoms with E-state index in [4.69, 9.17) is 9.26 Å². The number of hydrogen-bond donors (Lipinski definition) is 2. The number of rotatable bonds is 6. The number of piperazine rings is 1. The zero-order valence-corrected chi connectivity index (χ0v) is 20.0. The van der Waals surface area contributed by atoms with Crippen molar-refractivity contribution in [3.63, 3.8) is 0 Å². The fourth-order valence-corrected chi connectivity index (χ4v) is 5.87. The van der Waals surface area contributed by atoms with Crippen LogP contribution >= 0.6 is 0 Å². The second-order valence-corrected chi connectivity index (χ2v) is 10.3. The molecule has 4 heterocycles. The van der Waals surface area contributed by atoms with E-state index in [9.17, 15) is 10.2 Å². The topological polar surface area (TPSA) is 85.4 Å². The summed E-state index contributed by atoms with van der Waals surface area (Å²) in [5, 5.41) is 25.0. The van der Waals surface area contributed by atoms with Gasteiger partial charge in [-0.1, -0.05) is 29.4 Å². The normalized spacial score (nSPS) is 27.9. The van der Waals surface area contributed by atoms with Crippen LogP contribution in [0.3, 0.4) is 0 Å². The van der Waals surface area contributed by atoms with E-state index in [1.165, 1.54) is 6.42 Å². The Balaban J connectivity index is 1.01. The third kappa shape index (κ3) is 4.89. The Bertz CT molecular complexity index is 1140. The second kappa shape index (κ2) is 9.78. The summed E-state index contributed by atoms with van der Waals surface area (Å²) in [5.41, 5.74) is 1.99. The summed E-state index contributed by atoms with van der Waals surface area (Å²) in [7, 11) is 0. The zero-order valence-electron chi connectivity index (χ0n) is 20.0. The minimum absolute atomic E-state index is 0.510. The zero-order chi connectivity index (χ0) is 23.8. The van der Waals surface area contributed by atoms with Crippen molar-refractivity contribution < 1.29 is 19.5 Å². The Labute approximate surface area is 205 Å². The lowest BCUT2D eigenvalue weighted by atomic mass is 9.91. The van der Waals surface area contributed by atoms with Gasteiger partial charge in [0.05, 0.1) is 24.2 Å². The molecule has 0 radical (unpaired) electrons. The average Bonchev–Trinajstić information content (AvgIpc) is 3.45. The lowest BCUT2D eigenvalue weighted by Gasteiger charge is -2.46. The molecule has 3 aliphatic rings. The Morgan fingerprint density at radius 2 is 1.80 bits per heavy atom. The molecule has 3 aromatic rings. The predicted octanol–water partition coefficient (Wildman–Crippen LogP) is 2.34.